The van der Waals surface area contributed by atoms with Crippen LogP contribution >= 0.6 is 0 Å². The number of anilines is 1. The number of aromatic nitrogens is 2. The van der Waals surface area contributed by atoms with E-state index in [2.05, 4.69) is 19.8 Å². The van der Waals surface area contributed by atoms with Gasteiger partial charge in [-0.25, -0.2) is 4.98 Å². The molecule has 9 heteroatoms. The number of hydrogen-bond acceptors (Lipinski definition) is 5. The number of rotatable bonds is 3. The number of nitrogens with one attached hydrogen (secondary N) is 1. The number of alkyl halides is 2. The smallest absolute Gasteiger partial charge is 0.395 e. The van der Waals surface area contributed by atoms with Crippen molar-refractivity contribution in [2.45, 2.75) is 26.7 Å². The molecule has 0 radical (unpaired) electrons. The van der Waals surface area contributed by atoms with E-state index in [9.17, 15) is 18.4 Å². The van der Waals surface area contributed by atoms with Gasteiger partial charge in [0.2, 0.25) is 0 Å². The molecule has 0 bridgehead atoms. The van der Waals surface area contributed by atoms with Gasteiger partial charge >= 0.3 is 6.29 Å². The first-order valence-electron chi connectivity index (χ1n) is 8.50. The molecule has 0 atom stereocenters. The minimum atomic E-state index is -3.72. The molecule has 2 aromatic carbocycles. The van der Waals surface area contributed by atoms with E-state index >= 15 is 0 Å². The number of halogens is 2. The maximum atomic E-state index is 13.1. The third-order valence-corrected chi connectivity index (χ3v) is 4.35. The SMILES string of the molecule is CCn1c(=O)c(C)nc2cc(C(=O)Nc3ccc4c(c3)OC(F)(F)O4)ccc21. The summed E-state index contributed by atoms with van der Waals surface area (Å²) in [6, 6.07) is 8.77. The molecule has 1 aliphatic heterocycles. The van der Waals surface area contributed by atoms with Gasteiger partial charge in [-0.2, -0.15) is 0 Å². The Morgan fingerprint density at radius 2 is 1.93 bits per heavy atom. The first kappa shape index (κ1) is 17.9. The van der Waals surface area contributed by atoms with Crippen LogP contribution in [0, 0.1) is 6.92 Å². The molecule has 0 aliphatic carbocycles. The van der Waals surface area contributed by atoms with Crippen molar-refractivity contribution < 1.29 is 23.0 Å². The van der Waals surface area contributed by atoms with Crippen LogP contribution in [0.3, 0.4) is 0 Å². The van der Waals surface area contributed by atoms with Crippen LogP contribution in [0.25, 0.3) is 11.0 Å². The lowest BCUT2D eigenvalue weighted by Crippen LogP contribution is -2.25. The van der Waals surface area contributed by atoms with Gasteiger partial charge in [0.05, 0.1) is 11.0 Å². The largest absolute Gasteiger partial charge is 0.586 e. The van der Waals surface area contributed by atoms with Crippen LogP contribution in [0.5, 0.6) is 11.5 Å². The lowest BCUT2D eigenvalue weighted by molar-refractivity contribution is -0.286. The highest BCUT2D eigenvalue weighted by molar-refractivity contribution is 6.06. The minimum absolute atomic E-state index is 0.106. The summed E-state index contributed by atoms with van der Waals surface area (Å²) in [7, 11) is 0. The zero-order chi connectivity index (χ0) is 20.1. The Kier molecular flexibility index (Phi) is 4.02. The maximum Gasteiger partial charge on any atom is 0.586 e. The van der Waals surface area contributed by atoms with Crippen LogP contribution in [-0.2, 0) is 6.54 Å². The molecule has 28 heavy (non-hydrogen) atoms. The summed E-state index contributed by atoms with van der Waals surface area (Å²) in [6.07, 6.45) is -3.72. The third kappa shape index (κ3) is 3.04. The van der Waals surface area contributed by atoms with Gasteiger partial charge in [0, 0.05) is 23.9 Å². The number of carbonyl (C=O) groups excluding carboxylic acids is 1. The number of carbonyl (C=O) groups is 1. The normalized spacial score (nSPS) is 14.3. The van der Waals surface area contributed by atoms with Gasteiger partial charge in [0.15, 0.2) is 11.5 Å². The second-order valence-electron chi connectivity index (χ2n) is 6.23. The van der Waals surface area contributed by atoms with Gasteiger partial charge in [-0.15, -0.1) is 8.78 Å². The Morgan fingerprint density at radius 3 is 2.68 bits per heavy atom. The third-order valence-electron chi connectivity index (χ3n) is 4.35. The van der Waals surface area contributed by atoms with Crippen LogP contribution in [0.4, 0.5) is 14.5 Å². The molecular weight excluding hydrogens is 372 g/mol. The topological polar surface area (TPSA) is 82.5 Å². The average molecular weight is 387 g/mol. The molecule has 0 spiro atoms. The van der Waals surface area contributed by atoms with E-state index in [0.29, 0.717) is 28.8 Å². The molecule has 4 rings (SSSR count). The molecular formula is C19H15F2N3O4. The molecule has 0 saturated heterocycles. The first-order chi connectivity index (χ1) is 13.3. The number of nitrogens with zero attached hydrogens (tertiary/aromatic N) is 2. The summed E-state index contributed by atoms with van der Waals surface area (Å²) < 4.78 is 36.5. The summed E-state index contributed by atoms with van der Waals surface area (Å²) in [4.78, 5) is 29.0. The molecule has 2 heterocycles. The minimum Gasteiger partial charge on any atom is -0.395 e. The van der Waals surface area contributed by atoms with Crippen LogP contribution in [0.1, 0.15) is 23.0 Å². The lowest BCUT2D eigenvalue weighted by Gasteiger charge is -2.10. The molecule has 7 nitrogen and oxygen atoms in total. The zero-order valence-electron chi connectivity index (χ0n) is 15.0. The summed E-state index contributed by atoms with van der Waals surface area (Å²) in [5.74, 6) is -0.724. The predicted octanol–water partition coefficient (Wildman–Crippen LogP) is 3.30. The molecule has 0 saturated carbocycles. The summed E-state index contributed by atoms with van der Waals surface area (Å²) >= 11 is 0. The maximum absolute atomic E-state index is 13.1. The van der Waals surface area contributed by atoms with E-state index < -0.39 is 12.2 Å². The highest BCUT2D eigenvalue weighted by atomic mass is 19.3. The second kappa shape index (κ2) is 6.29. The van der Waals surface area contributed by atoms with Crippen molar-refractivity contribution in [3.63, 3.8) is 0 Å². The summed E-state index contributed by atoms with van der Waals surface area (Å²) in [6.45, 7) is 3.94. The second-order valence-corrected chi connectivity index (χ2v) is 6.23. The Morgan fingerprint density at radius 1 is 1.18 bits per heavy atom. The van der Waals surface area contributed by atoms with Gasteiger partial charge in [0.25, 0.3) is 11.5 Å². The van der Waals surface area contributed by atoms with E-state index in [1.807, 2.05) is 6.92 Å². The molecule has 144 valence electrons. The number of benzene rings is 2. The van der Waals surface area contributed by atoms with Gasteiger partial charge in [-0.3, -0.25) is 9.59 Å². The van der Waals surface area contributed by atoms with Crippen LogP contribution in [-0.4, -0.2) is 21.8 Å². The van der Waals surface area contributed by atoms with Crippen molar-refractivity contribution >= 4 is 22.6 Å². The molecule has 3 aromatic rings. The monoisotopic (exact) mass is 387 g/mol. The van der Waals surface area contributed by atoms with Crippen molar-refractivity contribution in [3.05, 3.63) is 58.0 Å². The fourth-order valence-corrected chi connectivity index (χ4v) is 3.06. The number of fused-ring (bicyclic) bond motifs is 2. The van der Waals surface area contributed by atoms with Crippen molar-refractivity contribution in [1.29, 1.82) is 0 Å². The summed E-state index contributed by atoms with van der Waals surface area (Å²) in [5.41, 5.74) is 1.88. The van der Waals surface area contributed by atoms with Gasteiger partial charge in [-0.05, 0) is 44.2 Å². The Labute approximate surface area is 157 Å². The zero-order valence-corrected chi connectivity index (χ0v) is 15.0. The number of aryl methyl sites for hydroxylation is 2. The fraction of sp³-hybridized carbons (Fsp3) is 0.211. The van der Waals surface area contributed by atoms with Gasteiger partial charge in [0.1, 0.15) is 5.69 Å². The predicted molar refractivity (Wildman–Crippen MR) is 97.0 cm³/mol. The number of amides is 1. The molecule has 1 amide bonds. The highest BCUT2D eigenvalue weighted by Gasteiger charge is 2.43. The Bertz CT molecular complexity index is 1170. The van der Waals surface area contributed by atoms with Gasteiger partial charge in [-0.1, -0.05) is 0 Å². The first-order valence-corrected chi connectivity index (χ1v) is 8.50. The average Bonchev–Trinajstić information content (AvgIpc) is 2.95. The van der Waals surface area contributed by atoms with Crippen molar-refractivity contribution in [1.82, 2.24) is 9.55 Å². The quantitative estimate of drug-likeness (QED) is 0.746. The summed E-state index contributed by atoms with van der Waals surface area (Å²) in [5, 5.41) is 2.62. The van der Waals surface area contributed by atoms with E-state index in [0.717, 1.165) is 0 Å². The van der Waals surface area contributed by atoms with Crippen LogP contribution < -0.4 is 20.3 Å². The Hall–Kier alpha value is -3.49. The van der Waals surface area contributed by atoms with E-state index in [-0.39, 0.29) is 22.7 Å². The number of ether oxygens (including phenoxy) is 2. The molecule has 1 aliphatic rings. The molecule has 0 unspecified atom stereocenters. The molecule has 1 aromatic heterocycles. The van der Waals surface area contributed by atoms with Crippen LogP contribution in [0.15, 0.2) is 41.2 Å². The van der Waals surface area contributed by atoms with Gasteiger partial charge < -0.3 is 19.4 Å². The Balaban J connectivity index is 1.63. The van der Waals surface area contributed by atoms with Crippen molar-refractivity contribution in [3.8, 4) is 11.5 Å². The van der Waals surface area contributed by atoms with E-state index in [1.165, 1.54) is 18.2 Å². The van der Waals surface area contributed by atoms with Crippen LogP contribution in [0.2, 0.25) is 0 Å². The fourth-order valence-electron chi connectivity index (χ4n) is 3.06. The lowest BCUT2D eigenvalue weighted by atomic mass is 10.1. The van der Waals surface area contributed by atoms with Crippen molar-refractivity contribution in [2.24, 2.45) is 0 Å². The number of hydrogen-bond donors (Lipinski definition) is 1. The molecule has 0 fully saturated rings. The highest BCUT2D eigenvalue weighted by Crippen LogP contribution is 2.42. The van der Waals surface area contributed by atoms with E-state index in [4.69, 9.17) is 0 Å². The van der Waals surface area contributed by atoms with Crippen molar-refractivity contribution in [2.75, 3.05) is 5.32 Å². The van der Waals surface area contributed by atoms with E-state index in [1.54, 1.807) is 29.7 Å². The standard InChI is InChI=1S/C19H15F2N3O4/c1-3-24-14-6-4-11(8-13(14)22-10(2)18(24)26)17(25)23-12-5-7-15-16(9-12)28-19(20,21)27-15/h4-9H,3H2,1-2H3,(H,23,25). The molecule has 1 N–H and O–H groups in total.